The number of anilines is 2. The van der Waals surface area contributed by atoms with Crippen molar-refractivity contribution >= 4 is 23.3 Å². The molecule has 0 unspecified atom stereocenters. The molecular formula is C20H24N2O3. The molecule has 2 aromatic rings. The zero-order chi connectivity index (χ0) is 18.2. The van der Waals surface area contributed by atoms with E-state index in [4.69, 9.17) is 4.74 Å². The summed E-state index contributed by atoms with van der Waals surface area (Å²) in [6.45, 7) is 6.67. The molecule has 0 atom stereocenters. The van der Waals surface area contributed by atoms with E-state index in [0.29, 0.717) is 24.4 Å². The minimum absolute atomic E-state index is 0.0632. The van der Waals surface area contributed by atoms with Crippen LogP contribution < -0.4 is 10.2 Å². The first-order chi connectivity index (χ1) is 12.1. The Morgan fingerprint density at radius 1 is 1.08 bits per heavy atom. The lowest BCUT2D eigenvalue weighted by Gasteiger charge is -2.22. The zero-order valence-electron chi connectivity index (χ0n) is 14.9. The first kappa shape index (κ1) is 18.5. The third-order valence-electron chi connectivity index (χ3n) is 3.78. The maximum absolute atomic E-state index is 12.6. The quantitative estimate of drug-likeness (QED) is 0.782. The zero-order valence-corrected chi connectivity index (χ0v) is 14.9. The van der Waals surface area contributed by atoms with Gasteiger partial charge in [-0.2, -0.15) is 0 Å². The Labute approximate surface area is 148 Å². The Morgan fingerprint density at radius 3 is 2.52 bits per heavy atom. The summed E-state index contributed by atoms with van der Waals surface area (Å²) < 4.78 is 5.05. The maximum Gasteiger partial charge on any atom is 0.340 e. The van der Waals surface area contributed by atoms with Gasteiger partial charge in [-0.3, -0.25) is 4.79 Å². The predicted molar refractivity (Wildman–Crippen MR) is 100 cm³/mol. The van der Waals surface area contributed by atoms with E-state index in [1.807, 2.05) is 44.2 Å². The van der Waals surface area contributed by atoms with E-state index in [1.165, 1.54) is 0 Å². The van der Waals surface area contributed by atoms with Gasteiger partial charge in [-0.1, -0.05) is 24.3 Å². The van der Waals surface area contributed by atoms with Gasteiger partial charge in [0.1, 0.15) is 0 Å². The van der Waals surface area contributed by atoms with Crippen LogP contribution in [-0.4, -0.2) is 31.6 Å². The summed E-state index contributed by atoms with van der Waals surface area (Å²) in [6.07, 6.45) is 0. The number of benzene rings is 2. The number of carbonyl (C=O) groups excluding carboxylic acids is 2. The van der Waals surface area contributed by atoms with E-state index in [-0.39, 0.29) is 12.5 Å². The van der Waals surface area contributed by atoms with Crippen molar-refractivity contribution in [1.82, 2.24) is 0 Å². The van der Waals surface area contributed by atoms with Crippen molar-refractivity contribution in [2.75, 3.05) is 29.9 Å². The fourth-order valence-corrected chi connectivity index (χ4v) is 2.59. The lowest BCUT2D eigenvalue weighted by molar-refractivity contribution is -0.116. The van der Waals surface area contributed by atoms with Gasteiger partial charge in [0.15, 0.2) is 0 Å². The Hall–Kier alpha value is -2.82. The van der Waals surface area contributed by atoms with Gasteiger partial charge >= 0.3 is 5.97 Å². The highest BCUT2D eigenvalue weighted by Crippen LogP contribution is 2.18. The second kappa shape index (κ2) is 8.87. The molecule has 2 rings (SSSR count). The molecule has 1 amide bonds. The van der Waals surface area contributed by atoms with Gasteiger partial charge in [-0.15, -0.1) is 0 Å². The van der Waals surface area contributed by atoms with E-state index in [1.54, 1.807) is 30.0 Å². The van der Waals surface area contributed by atoms with Crippen LogP contribution in [0, 0.1) is 6.92 Å². The molecule has 0 heterocycles. The molecule has 0 radical (unpaired) electrons. The summed E-state index contributed by atoms with van der Waals surface area (Å²) >= 11 is 0. The summed E-state index contributed by atoms with van der Waals surface area (Å²) in [4.78, 5) is 26.3. The Bertz CT molecular complexity index is 743. The van der Waals surface area contributed by atoms with Crippen LogP contribution in [0.3, 0.4) is 0 Å². The maximum atomic E-state index is 12.6. The molecule has 0 fully saturated rings. The van der Waals surface area contributed by atoms with Crippen LogP contribution in [-0.2, 0) is 9.53 Å². The predicted octanol–water partition coefficient (Wildman–Crippen LogP) is 3.64. The van der Waals surface area contributed by atoms with Gasteiger partial charge in [0.05, 0.1) is 18.7 Å². The average molecular weight is 340 g/mol. The molecule has 0 spiro atoms. The summed E-state index contributed by atoms with van der Waals surface area (Å²) in [5, 5.41) is 3.06. The number of carbonyl (C=O) groups is 2. The van der Waals surface area contributed by atoms with Crippen LogP contribution in [0.5, 0.6) is 0 Å². The van der Waals surface area contributed by atoms with Crippen molar-refractivity contribution in [2.24, 2.45) is 0 Å². The average Bonchev–Trinajstić information content (AvgIpc) is 2.61. The van der Waals surface area contributed by atoms with E-state index in [9.17, 15) is 9.59 Å². The number of hydrogen-bond acceptors (Lipinski definition) is 4. The van der Waals surface area contributed by atoms with Crippen molar-refractivity contribution in [3.63, 3.8) is 0 Å². The fraction of sp³-hybridized carbons (Fsp3) is 0.300. The Kier molecular flexibility index (Phi) is 6.57. The first-order valence-electron chi connectivity index (χ1n) is 8.43. The molecule has 25 heavy (non-hydrogen) atoms. The van der Waals surface area contributed by atoms with Crippen molar-refractivity contribution < 1.29 is 14.3 Å². The number of aryl methyl sites for hydroxylation is 1. The van der Waals surface area contributed by atoms with Crippen LogP contribution >= 0.6 is 0 Å². The van der Waals surface area contributed by atoms with Gasteiger partial charge in [0.25, 0.3) is 0 Å². The largest absolute Gasteiger partial charge is 0.462 e. The molecule has 2 aromatic carbocycles. The van der Waals surface area contributed by atoms with Gasteiger partial charge in [-0.25, -0.2) is 4.79 Å². The smallest absolute Gasteiger partial charge is 0.340 e. The molecule has 0 bridgehead atoms. The number of nitrogens with zero attached hydrogens (tertiary/aromatic N) is 1. The lowest BCUT2D eigenvalue weighted by Crippen LogP contribution is -2.35. The fourth-order valence-electron chi connectivity index (χ4n) is 2.59. The second-order valence-corrected chi connectivity index (χ2v) is 5.60. The number of rotatable bonds is 7. The van der Waals surface area contributed by atoms with Gasteiger partial charge in [-0.05, 0) is 50.6 Å². The summed E-state index contributed by atoms with van der Waals surface area (Å²) in [6, 6.07) is 14.9. The number of para-hydroxylation sites is 1. The first-order valence-corrected chi connectivity index (χ1v) is 8.43. The molecule has 0 aliphatic rings. The molecule has 0 aliphatic heterocycles. The second-order valence-electron chi connectivity index (χ2n) is 5.60. The van der Waals surface area contributed by atoms with Gasteiger partial charge in [0, 0.05) is 17.9 Å². The van der Waals surface area contributed by atoms with E-state index < -0.39 is 5.97 Å². The number of amides is 1. The lowest BCUT2D eigenvalue weighted by atomic mass is 10.1. The third-order valence-corrected chi connectivity index (χ3v) is 3.78. The highest BCUT2D eigenvalue weighted by Gasteiger charge is 2.16. The minimum atomic E-state index is -0.399. The van der Waals surface area contributed by atoms with Crippen LogP contribution in [0.4, 0.5) is 11.4 Å². The van der Waals surface area contributed by atoms with Crippen molar-refractivity contribution in [2.45, 2.75) is 20.8 Å². The summed E-state index contributed by atoms with van der Waals surface area (Å²) in [7, 11) is 0. The topological polar surface area (TPSA) is 58.6 Å². The Morgan fingerprint density at radius 2 is 1.84 bits per heavy atom. The van der Waals surface area contributed by atoms with Crippen LogP contribution in [0.15, 0.2) is 48.5 Å². The molecule has 0 aromatic heterocycles. The van der Waals surface area contributed by atoms with Crippen molar-refractivity contribution in [3.05, 3.63) is 59.7 Å². The van der Waals surface area contributed by atoms with Gasteiger partial charge < -0.3 is 15.0 Å². The normalized spacial score (nSPS) is 10.2. The van der Waals surface area contributed by atoms with Crippen molar-refractivity contribution in [3.8, 4) is 0 Å². The highest BCUT2D eigenvalue weighted by atomic mass is 16.5. The van der Waals surface area contributed by atoms with E-state index >= 15 is 0 Å². The molecule has 0 aliphatic carbocycles. The molecule has 1 N–H and O–H groups in total. The standard InChI is InChI=1S/C20H24N2O3/c1-4-22(16-10-8-9-15(3)13-16)19(23)14-21-18-12-7-6-11-17(18)20(24)25-5-2/h6-13,21H,4-5,14H2,1-3H3. The summed E-state index contributed by atoms with van der Waals surface area (Å²) in [5.74, 6) is -0.462. The van der Waals surface area contributed by atoms with Crippen LogP contribution in [0.1, 0.15) is 29.8 Å². The van der Waals surface area contributed by atoms with Gasteiger partial charge in [0.2, 0.25) is 5.91 Å². The number of ether oxygens (including phenoxy) is 1. The Balaban J connectivity index is 2.10. The number of likely N-dealkylation sites (N-methyl/N-ethyl adjacent to an activating group) is 1. The van der Waals surface area contributed by atoms with E-state index in [2.05, 4.69) is 5.32 Å². The molecule has 132 valence electrons. The SMILES string of the molecule is CCOC(=O)c1ccccc1NCC(=O)N(CC)c1cccc(C)c1. The molecule has 5 heteroatoms. The van der Waals surface area contributed by atoms with Crippen molar-refractivity contribution in [1.29, 1.82) is 0 Å². The third kappa shape index (κ3) is 4.83. The van der Waals surface area contributed by atoms with Crippen LogP contribution in [0.2, 0.25) is 0 Å². The molecular weight excluding hydrogens is 316 g/mol. The molecule has 5 nitrogen and oxygen atoms in total. The monoisotopic (exact) mass is 340 g/mol. The molecule has 0 saturated heterocycles. The number of nitrogens with one attached hydrogen (secondary N) is 1. The number of hydrogen-bond donors (Lipinski definition) is 1. The highest BCUT2D eigenvalue weighted by molar-refractivity contribution is 5.99. The van der Waals surface area contributed by atoms with Crippen LogP contribution in [0.25, 0.3) is 0 Å². The minimum Gasteiger partial charge on any atom is -0.462 e. The van der Waals surface area contributed by atoms with E-state index in [0.717, 1.165) is 11.3 Å². The number of esters is 1. The molecule has 0 saturated carbocycles. The summed E-state index contributed by atoms with van der Waals surface area (Å²) in [5.41, 5.74) is 2.99.